The third-order valence-corrected chi connectivity index (χ3v) is 10.6. The van der Waals surface area contributed by atoms with E-state index >= 15 is 0 Å². The monoisotopic (exact) mass is 601 g/mol. The van der Waals surface area contributed by atoms with Gasteiger partial charge in [0.25, 0.3) is 0 Å². The zero-order valence-corrected chi connectivity index (χ0v) is 25.9. The molecule has 0 saturated heterocycles. The molecule has 1 aliphatic carbocycles. The summed E-state index contributed by atoms with van der Waals surface area (Å²) in [6.07, 6.45) is 0. The molecule has 7 aromatic carbocycles. The molecule has 0 spiro atoms. The van der Waals surface area contributed by atoms with Crippen LogP contribution in [0.3, 0.4) is 0 Å². The van der Waals surface area contributed by atoms with Gasteiger partial charge in [0.05, 0.1) is 27.6 Å². The van der Waals surface area contributed by atoms with Crippen LogP contribution in [0.15, 0.2) is 127 Å². The van der Waals surface area contributed by atoms with Gasteiger partial charge < -0.3 is 4.74 Å². The molecular weight excluding hydrogens is 574 g/mol. The highest BCUT2D eigenvalue weighted by Gasteiger charge is 2.38. The van der Waals surface area contributed by atoms with E-state index < -0.39 is 0 Å². The van der Waals surface area contributed by atoms with E-state index in [9.17, 15) is 0 Å². The second kappa shape index (κ2) is 8.62. The van der Waals surface area contributed by atoms with Gasteiger partial charge in [0.2, 0.25) is 5.95 Å². The van der Waals surface area contributed by atoms with Gasteiger partial charge in [0.1, 0.15) is 11.5 Å². The SMILES string of the molecule is CC1(C)c2cc3c(cc2-c2c1ccc1c2ccc2ccccc21)c1ccccc1n3-c1nc2c3c(cccc3n1)Oc1ccccc1-2. The van der Waals surface area contributed by atoms with E-state index in [0.29, 0.717) is 5.95 Å². The van der Waals surface area contributed by atoms with Crippen molar-refractivity contribution in [3.05, 3.63) is 139 Å². The second-order valence-electron chi connectivity index (χ2n) is 13.4. The highest BCUT2D eigenvalue weighted by atomic mass is 16.5. The zero-order chi connectivity index (χ0) is 31.0. The summed E-state index contributed by atoms with van der Waals surface area (Å²) >= 11 is 0. The van der Waals surface area contributed by atoms with Crippen LogP contribution < -0.4 is 4.74 Å². The number of benzene rings is 7. The molecule has 0 radical (unpaired) electrons. The van der Waals surface area contributed by atoms with Crippen molar-refractivity contribution in [1.82, 2.24) is 14.5 Å². The Morgan fingerprint density at radius 2 is 1.34 bits per heavy atom. The largest absolute Gasteiger partial charge is 0.456 e. The molecule has 2 aliphatic rings. The molecule has 220 valence electrons. The van der Waals surface area contributed by atoms with E-state index in [1.54, 1.807) is 0 Å². The number of fused-ring (bicyclic) bond motifs is 12. The number of hydrogen-bond donors (Lipinski definition) is 0. The molecule has 2 aromatic heterocycles. The third kappa shape index (κ3) is 3.17. The molecule has 1 aliphatic heterocycles. The van der Waals surface area contributed by atoms with Gasteiger partial charge in [-0.05, 0) is 86.3 Å². The second-order valence-corrected chi connectivity index (χ2v) is 13.4. The van der Waals surface area contributed by atoms with Crippen molar-refractivity contribution in [2.24, 2.45) is 0 Å². The molecule has 0 amide bonds. The Bertz CT molecular complexity index is 2860. The summed E-state index contributed by atoms with van der Waals surface area (Å²) in [7, 11) is 0. The number of rotatable bonds is 1. The number of ether oxygens (including phenoxy) is 1. The van der Waals surface area contributed by atoms with Crippen LogP contribution >= 0.6 is 0 Å². The van der Waals surface area contributed by atoms with Gasteiger partial charge >= 0.3 is 0 Å². The van der Waals surface area contributed by atoms with E-state index in [2.05, 4.69) is 115 Å². The summed E-state index contributed by atoms with van der Waals surface area (Å²) in [6, 6.07) is 45.7. The van der Waals surface area contributed by atoms with Gasteiger partial charge in [0, 0.05) is 21.8 Å². The Hall–Kier alpha value is -6.00. The van der Waals surface area contributed by atoms with Gasteiger partial charge in [-0.25, -0.2) is 9.97 Å². The van der Waals surface area contributed by atoms with Crippen LogP contribution in [0.2, 0.25) is 0 Å². The topological polar surface area (TPSA) is 39.9 Å². The fraction of sp³-hybridized carbons (Fsp3) is 0.0698. The van der Waals surface area contributed by atoms with E-state index in [0.717, 1.165) is 44.7 Å². The van der Waals surface area contributed by atoms with Crippen molar-refractivity contribution in [2.75, 3.05) is 0 Å². The summed E-state index contributed by atoms with van der Waals surface area (Å²) in [5.41, 5.74) is 10.1. The number of hydrogen-bond acceptors (Lipinski definition) is 3. The average molecular weight is 602 g/mol. The Morgan fingerprint density at radius 3 is 2.28 bits per heavy atom. The molecule has 0 bridgehead atoms. The predicted molar refractivity (Wildman–Crippen MR) is 192 cm³/mol. The zero-order valence-electron chi connectivity index (χ0n) is 25.9. The minimum Gasteiger partial charge on any atom is -0.456 e. The van der Waals surface area contributed by atoms with Crippen molar-refractivity contribution in [3.8, 4) is 39.8 Å². The maximum atomic E-state index is 6.29. The molecule has 0 saturated carbocycles. The van der Waals surface area contributed by atoms with Crippen molar-refractivity contribution in [2.45, 2.75) is 19.3 Å². The summed E-state index contributed by atoms with van der Waals surface area (Å²) in [4.78, 5) is 10.5. The van der Waals surface area contributed by atoms with E-state index in [1.165, 1.54) is 54.6 Å². The number of aromatic nitrogens is 3. The molecule has 47 heavy (non-hydrogen) atoms. The smallest absolute Gasteiger partial charge is 0.235 e. The molecule has 0 N–H and O–H groups in total. The van der Waals surface area contributed by atoms with Gasteiger partial charge in [-0.2, -0.15) is 0 Å². The summed E-state index contributed by atoms with van der Waals surface area (Å²) in [5, 5.41) is 8.52. The van der Waals surface area contributed by atoms with Crippen LogP contribution in [0.4, 0.5) is 0 Å². The Labute approximate surface area is 270 Å². The molecular formula is C43H27N3O. The first-order chi connectivity index (χ1) is 23.1. The lowest BCUT2D eigenvalue weighted by Crippen LogP contribution is -2.15. The quantitative estimate of drug-likeness (QED) is 0.176. The molecule has 0 atom stereocenters. The third-order valence-electron chi connectivity index (χ3n) is 10.6. The van der Waals surface area contributed by atoms with Crippen molar-refractivity contribution in [3.63, 3.8) is 0 Å². The van der Waals surface area contributed by atoms with Crippen LogP contribution in [0, 0.1) is 0 Å². The van der Waals surface area contributed by atoms with E-state index in [-0.39, 0.29) is 5.41 Å². The molecule has 0 unspecified atom stereocenters. The first kappa shape index (κ1) is 25.2. The molecule has 4 nitrogen and oxygen atoms in total. The minimum absolute atomic E-state index is 0.179. The fourth-order valence-electron chi connectivity index (χ4n) is 8.39. The van der Waals surface area contributed by atoms with E-state index in [4.69, 9.17) is 14.7 Å². The lowest BCUT2D eigenvalue weighted by Gasteiger charge is -2.22. The number of nitrogens with zero attached hydrogens (tertiary/aromatic N) is 3. The van der Waals surface area contributed by atoms with Gasteiger partial charge in [-0.15, -0.1) is 0 Å². The number of para-hydroxylation sites is 2. The van der Waals surface area contributed by atoms with Crippen LogP contribution in [0.5, 0.6) is 11.5 Å². The molecule has 0 fully saturated rings. The van der Waals surface area contributed by atoms with Crippen molar-refractivity contribution in [1.29, 1.82) is 0 Å². The summed E-state index contributed by atoms with van der Waals surface area (Å²) in [6.45, 7) is 4.72. The van der Waals surface area contributed by atoms with Crippen LogP contribution in [-0.4, -0.2) is 14.5 Å². The molecule has 9 aromatic rings. The summed E-state index contributed by atoms with van der Waals surface area (Å²) < 4.78 is 8.55. The predicted octanol–water partition coefficient (Wildman–Crippen LogP) is 11.1. The van der Waals surface area contributed by atoms with Crippen LogP contribution in [0.25, 0.3) is 82.6 Å². The van der Waals surface area contributed by atoms with Crippen LogP contribution in [0.1, 0.15) is 25.0 Å². The molecule has 11 rings (SSSR count). The average Bonchev–Trinajstić information content (AvgIpc) is 3.55. The normalized spacial score (nSPS) is 14.1. The Morgan fingerprint density at radius 1 is 0.553 bits per heavy atom. The summed E-state index contributed by atoms with van der Waals surface area (Å²) in [5.74, 6) is 2.27. The first-order valence-electron chi connectivity index (χ1n) is 16.2. The molecule has 4 heteroatoms. The lowest BCUT2D eigenvalue weighted by atomic mass is 9.81. The Balaban J connectivity index is 1.24. The van der Waals surface area contributed by atoms with Gasteiger partial charge in [-0.3, -0.25) is 4.57 Å². The standard InChI is InChI=1S/C43H27N3O/c1-43(2)32-21-20-26-25-11-4-3-10-24(25)18-19-28(26)39(32)31-22-30-27-12-5-7-15-35(27)46(36(30)23-33(31)43)42-44-34-14-9-17-38-40(34)41(45-42)29-13-6-8-16-37(29)47-38/h3-23H,1-2H3. The highest BCUT2D eigenvalue weighted by Crippen LogP contribution is 2.54. The van der Waals surface area contributed by atoms with Crippen molar-refractivity contribution < 1.29 is 4.74 Å². The first-order valence-corrected chi connectivity index (χ1v) is 16.2. The highest BCUT2D eigenvalue weighted by molar-refractivity contribution is 6.17. The maximum absolute atomic E-state index is 6.29. The fourth-order valence-corrected chi connectivity index (χ4v) is 8.39. The van der Waals surface area contributed by atoms with E-state index in [1.807, 2.05) is 30.3 Å². The molecule has 3 heterocycles. The Kier molecular flexibility index (Phi) is 4.63. The van der Waals surface area contributed by atoms with Gasteiger partial charge in [-0.1, -0.05) is 98.8 Å². The maximum Gasteiger partial charge on any atom is 0.235 e. The van der Waals surface area contributed by atoms with Crippen molar-refractivity contribution >= 4 is 54.3 Å². The van der Waals surface area contributed by atoms with Gasteiger partial charge in [0.15, 0.2) is 0 Å². The lowest BCUT2D eigenvalue weighted by molar-refractivity contribution is 0.486. The van der Waals surface area contributed by atoms with Crippen LogP contribution in [-0.2, 0) is 5.41 Å². The minimum atomic E-state index is -0.179.